The van der Waals surface area contributed by atoms with Crippen molar-refractivity contribution in [1.82, 2.24) is 0 Å². The standard InChI is InChI=1S/C11H13F3OS/c12-11(13,14)7-3-1-2-4-9-5-6-10(8-15)16-9/h5-6,8H,1-4,7H2. The first kappa shape index (κ1) is 13.2. The van der Waals surface area contributed by atoms with Gasteiger partial charge in [0.2, 0.25) is 0 Å². The lowest BCUT2D eigenvalue weighted by atomic mass is 10.1. The lowest BCUT2D eigenvalue weighted by Crippen LogP contribution is -2.06. The highest BCUT2D eigenvalue weighted by Crippen LogP contribution is 2.23. The molecule has 1 aromatic rings. The molecule has 0 unspecified atom stereocenters. The molecular weight excluding hydrogens is 237 g/mol. The number of rotatable bonds is 6. The number of carbonyl (C=O) groups is 1. The lowest BCUT2D eigenvalue weighted by Gasteiger charge is -2.04. The number of halogens is 3. The number of hydrogen-bond acceptors (Lipinski definition) is 2. The van der Waals surface area contributed by atoms with E-state index in [2.05, 4.69) is 0 Å². The minimum absolute atomic E-state index is 0.190. The van der Waals surface area contributed by atoms with Crippen molar-refractivity contribution in [3.63, 3.8) is 0 Å². The number of unbranched alkanes of at least 4 members (excludes halogenated alkanes) is 2. The summed E-state index contributed by atoms with van der Waals surface area (Å²) >= 11 is 1.41. The second kappa shape index (κ2) is 6.03. The maximum Gasteiger partial charge on any atom is 0.389 e. The molecular formula is C11H13F3OS. The smallest absolute Gasteiger partial charge is 0.297 e. The summed E-state index contributed by atoms with van der Waals surface area (Å²) in [6, 6.07) is 3.60. The van der Waals surface area contributed by atoms with Gasteiger partial charge in [-0.05, 0) is 31.4 Å². The van der Waals surface area contributed by atoms with Crippen LogP contribution in [0.25, 0.3) is 0 Å². The molecule has 1 aromatic heterocycles. The molecule has 0 saturated heterocycles. The summed E-state index contributed by atoms with van der Waals surface area (Å²) in [5.74, 6) is 0. The van der Waals surface area contributed by atoms with Crippen molar-refractivity contribution in [1.29, 1.82) is 0 Å². The molecule has 0 fully saturated rings. The number of hydrogen-bond donors (Lipinski definition) is 0. The van der Waals surface area contributed by atoms with Gasteiger partial charge in [0.25, 0.3) is 0 Å². The third-order valence-electron chi connectivity index (χ3n) is 2.18. The molecule has 0 spiro atoms. The summed E-state index contributed by atoms with van der Waals surface area (Å²) in [6.07, 6.45) is -1.67. The Morgan fingerprint density at radius 2 is 1.94 bits per heavy atom. The molecule has 0 bridgehead atoms. The van der Waals surface area contributed by atoms with Crippen LogP contribution in [-0.2, 0) is 6.42 Å². The van der Waals surface area contributed by atoms with Crippen molar-refractivity contribution in [2.45, 2.75) is 38.3 Å². The predicted molar refractivity (Wildman–Crippen MR) is 57.9 cm³/mol. The summed E-state index contributed by atoms with van der Waals surface area (Å²) in [7, 11) is 0. The molecule has 0 aromatic carbocycles. The van der Waals surface area contributed by atoms with Gasteiger partial charge in [0.15, 0.2) is 6.29 Å². The first-order valence-corrected chi connectivity index (χ1v) is 5.93. The highest BCUT2D eigenvalue weighted by Gasteiger charge is 2.25. The third-order valence-corrected chi connectivity index (χ3v) is 3.25. The summed E-state index contributed by atoms with van der Waals surface area (Å²) in [6.45, 7) is 0. The average Bonchev–Trinajstić information content (AvgIpc) is 2.63. The summed E-state index contributed by atoms with van der Waals surface area (Å²) in [5.41, 5.74) is 0. The Kier molecular flexibility index (Phi) is 4.99. The van der Waals surface area contributed by atoms with E-state index < -0.39 is 12.6 Å². The van der Waals surface area contributed by atoms with Crippen molar-refractivity contribution < 1.29 is 18.0 Å². The van der Waals surface area contributed by atoms with Gasteiger partial charge in [-0.2, -0.15) is 13.2 Å². The Bertz CT molecular complexity index is 330. The molecule has 5 heteroatoms. The van der Waals surface area contributed by atoms with Crippen molar-refractivity contribution in [3.05, 3.63) is 21.9 Å². The zero-order valence-corrected chi connectivity index (χ0v) is 9.53. The number of aldehydes is 1. The van der Waals surface area contributed by atoms with E-state index in [9.17, 15) is 18.0 Å². The van der Waals surface area contributed by atoms with E-state index in [1.165, 1.54) is 11.3 Å². The van der Waals surface area contributed by atoms with Crippen LogP contribution in [0, 0.1) is 0 Å². The quantitative estimate of drug-likeness (QED) is 0.545. The second-order valence-corrected chi connectivity index (χ2v) is 4.80. The molecule has 0 radical (unpaired) electrons. The Hall–Kier alpha value is -0.840. The van der Waals surface area contributed by atoms with Crippen LogP contribution in [0.1, 0.15) is 40.2 Å². The molecule has 90 valence electrons. The Labute approximate surface area is 96.3 Å². The van der Waals surface area contributed by atoms with E-state index in [-0.39, 0.29) is 6.42 Å². The van der Waals surface area contributed by atoms with Crippen LogP contribution in [0.15, 0.2) is 12.1 Å². The van der Waals surface area contributed by atoms with Crippen molar-refractivity contribution in [2.75, 3.05) is 0 Å². The first-order valence-electron chi connectivity index (χ1n) is 5.12. The minimum Gasteiger partial charge on any atom is -0.297 e. The SMILES string of the molecule is O=Cc1ccc(CCCCCC(F)(F)F)s1. The van der Waals surface area contributed by atoms with Crippen LogP contribution in [0.5, 0.6) is 0 Å². The topological polar surface area (TPSA) is 17.1 Å². The van der Waals surface area contributed by atoms with E-state index in [4.69, 9.17) is 0 Å². The second-order valence-electron chi connectivity index (χ2n) is 3.60. The fourth-order valence-corrected chi connectivity index (χ4v) is 2.26. The number of aryl methyl sites for hydroxylation is 1. The lowest BCUT2D eigenvalue weighted by molar-refractivity contribution is -0.135. The van der Waals surface area contributed by atoms with E-state index in [0.717, 1.165) is 24.0 Å². The zero-order chi connectivity index (χ0) is 12.0. The van der Waals surface area contributed by atoms with Crippen molar-refractivity contribution >= 4 is 17.6 Å². The van der Waals surface area contributed by atoms with Gasteiger partial charge >= 0.3 is 6.18 Å². The van der Waals surface area contributed by atoms with Crippen LogP contribution in [-0.4, -0.2) is 12.5 Å². The highest BCUT2D eigenvalue weighted by atomic mass is 32.1. The molecule has 0 aliphatic heterocycles. The van der Waals surface area contributed by atoms with Gasteiger partial charge in [-0.1, -0.05) is 6.42 Å². The van der Waals surface area contributed by atoms with Crippen molar-refractivity contribution in [3.8, 4) is 0 Å². The molecule has 0 N–H and O–H groups in total. The number of carbonyl (C=O) groups excluding carboxylic acids is 1. The van der Waals surface area contributed by atoms with Gasteiger partial charge in [0, 0.05) is 11.3 Å². The van der Waals surface area contributed by atoms with E-state index >= 15 is 0 Å². The predicted octanol–water partition coefficient (Wildman–Crippen LogP) is 4.23. The first-order chi connectivity index (χ1) is 7.51. The number of alkyl halides is 3. The molecule has 0 atom stereocenters. The Balaban J connectivity index is 2.14. The van der Waals surface area contributed by atoms with Crippen LogP contribution >= 0.6 is 11.3 Å². The normalized spacial score (nSPS) is 11.7. The van der Waals surface area contributed by atoms with Gasteiger partial charge in [-0.15, -0.1) is 11.3 Å². The molecule has 16 heavy (non-hydrogen) atoms. The maximum atomic E-state index is 11.8. The summed E-state index contributed by atoms with van der Waals surface area (Å²) < 4.78 is 35.5. The van der Waals surface area contributed by atoms with E-state index in [0.29, 0.717) is 11.3 Å². The molecule has 1 nitrogen and oxygen atoms in total. The van der Waals surface area contributed by atoms with E-state index in [1.807, 2.05) is 6.07 Å². The van der Waals surface area contributed by atoms with E-state index in [1.54, 1.807) is 6.07 Å². The molecule has 0 saturated carbocycles. The molecule has 1 rings (SSSR count). The fourth-order valence-electron chi connectivity index (χ4n) is 1.39. The molecule has 0 amide bonds. The van der Waals surface area contributed by atoms with Gasteiger partial charge in [-0.3, -0.25) is 4.79 Å². The summed E-state index contributed by atoms with van der Waals surface area (Å²) in [4.78, 5) is 12.1. The maximum absolute atomic E-state index is 11.8. The summed E-state index contributed by atoms with van der Waals surface area (Å²) in [5, 5.41) is 0. The molecule has 0 aliphatic rings. The van der Waals surface area contributed by atoms with Crippen molar-refractivity contribution in [2.24, 2.45) is 0 Å². The highest BCUT2D eigenvalue weighted by molar-refractivity contribution is 7.13. The average molecular weight is 250 g/mol. The van der Waals surface area contributed by atoms with Gasteiger partial charge in [0.05, 0.1) is 4.88 Å². The fraction of sp³-hybridized carbons (Fsp3) is 0.545. The zero-order valence-electron chi connectivity index (χ0n) is 8.72. The van der Waals surface area contributed by atoms with Gasteiger partial charge in [0.1, 0.15) is 0 Å². The van der Waals surface area contributed by atoms with Crippen LogP contribution in [0.2, 0.25) is 0 Å². The Morgan fingerprint density at radius 1 is 1.19 bits per heavy atom. The third kappa shape index (κ3) is 5.30. The van der Waals surface area contributed by atoms with Crippen LogP contribution in [0.4, 0.5) is 13.2 Å². The van der Waals surface area contributed by atoms with Crippen LogP contribution < -0.4 is 0 Å². The minimum atomic E-state index is -4.03. The monoisotopic (exact) mass is 250 g/mol. The van der Waals surface area contributed by atoms with Gasteiger partial charge in [-0.25, -0.2) is 0 Å². The Morgan fingerprint density at radius 3 is 2.50 bits per heavy atom. The number of thiophene rings is 1. The largest absolute Gasteiger partial charge is 0.389 e. The molecule has 0 aliphatic carbocycles. The van der Waals surface area contributed by atoms with Crippen LogP contribution in [0.3, 0.4) is 0 Å². The molecule has 1 heterocycles. The van der Waals surface area contributed by atoms with Gasteiger partial charge < -0.3 is 0 Å².